The van der Waals surface area contributed by atoms with Gasteiger partial charge >= 0.3 is 0 Å². The normalized spacial score (nSPS) is 21.4. The van der Waals surface area contributed by atoms with Crippen LogP contribution < -0.4 is 10.2 Å². The maximum absolute atomic E-state index is 13.8. The molecule has 0 amide bonds. The molecule has 0 bridgehead atoms. The van der Waals surface area contributed by atoms with E-state index < -0.39 is 11.6 Å². The lowest BCUT2D eigenvalue weighted by atomic mass is 10.2. The molecule has 0 aliphatic carbocycles. The van der Waals surface area contributed by atoms with E-state index in [0.29, 0.717) is 16.2 Å². The second kappa shape index (κ2) is 5.31. The zero-order chi connectivity index (χ0) is 12.4. The van der Waals surface area contributed by atoms with Gasteiger partial charge in [0.05, 0.1) is 10.2 Å². The van der Waals surface area contributed by atoms with Crippen molar-refractivity contribution in [1.29, 1.82) is 0 Å². The summed E-state index contributed by atoms with van der Waals surface area (Å²) in [5.74, 6) is -1.06. The number of hydrogen-bond acceptors (Lipinski definition) is 2. The molecule has 1 aromatic rings. The van der Waals surface area contributed by atoms with Crippen molar-refractivity contribution in [3.8, 4) is 0 Å². The Balaban J connectivity index is 2.28. The highest BCUT2D eigenvalue weighted by atomic mass is 79.9. The second-order valence-electron chi connectivity index (χ2n) is 4.37. The predicted octanol–water partition coefficient (Wildman–Crippen LogP) is 2.92. The summed E-state index contributed by atoms with van der Waals surface area (Å²) in [6.45, 7) is 4.51. The summed E-state index contributed by atoms with van der Waals surface area (Å²) in [6, 6.07) is 2.76. The summed E-state index contributed by atoms with van der Waals surface area (Å²) in [5.41, 5.74) is 0.467. The van der Waals surface area contributed by atoms with E-state index in [-0.39, 0.29) is 0 Å². The molecule has 1 saturated heterocycles. The Morgan fingerprint density at radius 2 is 2.12 bits per heavy atom. The minimum Gasteiger partial charge on any atom is -0.368 e. The highest BCUT2D eigenvalue weighted by molar-refractivity contribution is 9.10. The molecule has 0 aromatic heterocycles. The third-order valence-corrected chi connectivity index (χ3v) is 3.53. The monoisotopic (exact) mass is 304 g/mol. The van der Waals surface area contributed by atoms with E-state index >= 15 is 0 Å². The molecule has 2 rings (SSSR count). The van der Waals surface area contributed by atoms with E-state index in [1.54, 1.807) is 0 Å². The lowest BCUT2D eigenvalue weighted by molar-refractivity contribution is 0.565. The second-order valence-corrected chi connectivity index (χ2v) is 5.23. The molecule has 94 valence electrons. The van der Waals surface area contributed by atoms with Gasteiger partial charge in [0.1, 0.15) is 11.6 Å². The quantitative estimate of drug-likeness (QED) is 0.803. The zero-order valence-corrected chi connectivity index (χ0v) is 11.2. The molecule has 1 aliphatic heterocycles. The van der Waals surface area contributed by atoms with Crippen molar-refractivity contribution in [2.45, 2.75) is 19.4 Å². The Morgan fingerprint density at radius 1 is 1.35 bits per heavy atom. The van der Waals surface area contributed by atoms with Gasteiger partial charge in [-0.2, -0.15) is 0 Å². The molecule has 1 N–H and O–H groups in total. The molecular weight excluding hydrogens is 290 g/mol. The van der Waals surface area contributed by atoms with Gasteiger partial charge in [-0.1, -0.05) is 0 Å². The number of halogens is 3. The summed E-state index contributed by atoms with van der Waals surface area (Å²) in [4.78, 5) is 1.96. The van der Waals surface area contributed by atoms with Crippen molar-refractivity contribution in [1.82, 2.24) is 5.32 Å². The van der Waals surface area contributed by atoms with E-state index in [1.165, 1.54) is 6.07 Å². The van der Waals surface area contributed by atoms with Crippen LogP contribution in [0.1, 0.15) is 13.3 Å². The van der Waals surface area contributed by atoms with Gasteiger partial charge < -0.3 is 10.2 Å². The van der Waals surface area contributed by atoms with E-state index in [1.807, 2.05) is 4.90 Å². The lowest BCUT2D eigenvalue weighted by Crippen LogP contribution is -2.35. The van der Waals surface area contributed by atoms with Crippen LogP contribution in [0.4, 0.5) is 14.5 Å². The van der Waals surface area contributed by atoms with Crippen molar-refractivity contribution in [3.05, 3.63) is 28.2 Å². The molecule has 2 nitrogen and oxygen atoms in total. The lowest BCUT2D eigenvalue weighted by Gasteiger charge is -2.25. The van der Waals surface area contributed by atoms with Crippen molar-refractivity contribution in [2.24, 2.45) is 0 Å². The van der Waals surface area contributed by atoms with Crippen LogP contribution in [0.25, 0.3) is 0 Å². The maximum atomic E-state index is 13.8. The summed E-state index contributed by atoms with van der Waals surface area (Å²) in [7, 11) is 0. The fourth-order valence-corrected chi connectivity index (χ4v) is 2.41. The Labute approximate surface area is 108 Å². The summed E-state index contributed by atoms with van der Waals surface area (Å²) < 4.78 is 27.2. The molecular formula is C12H15BrF2N2. The Bertz CT molecular complexity index is 412. The Hall–Kier alpha value is -0.680. The Morgan fingerprint density at radius 3 is 2.88 bits per heavy atom. The third-order valence-electron chi connectivity index (χ3n) is 2.92. The fraction of sp³-hybridized carbons (Fsp3) is 0.500. The minimum absolute atomic E-state index is 0.304. The molecule has 1 fully saturated rings. The summed E-state index contributed by atoms with van der Waals surface area (Å²) in [5, 5.41) is 3.34. The highest BCUT2D eigenvalue weighted by Gasteiger charge is 2.18. The molecule has 1 atom stereocenters. The van der Waals surface area contributed by atoms with Crippen LogP contribution >= 0.6 is 15.9 Å². The van der Waals surface area contributed by atoms with Crippen LogP contribution in [0.15, 0.2) is 16.6 Å². The standard InChI is InChI=1S/C12H15BrF2N2/c1-8-7-17(4-2-3-16-8)12-5-9(13)10(14)6-11(12)15/h5-6,8,16H,2-4,7H2,1H3. The highest BCUT2D eigenvalue weighted by Crippen LogP contribution is 2.27. The van der Waals surface area contributed by atoms with Crippen LogP contribution in [0.5, 0.6) is 0 Å². The van der Waals surface area contributed by atoms with Gasteiger partial charge in [0, 0.05) is 25.2 Å². The first-order valence-corrected chi connectivity index (χ1v) is 6.50. The van der Waals surface area contributed by atoms with Gasteiger partial charge in [-0.3, -0.25) is 0 Å². The van der Waals surface area contributed by atoms with Gasteiger partial charge in [0.2, 0.25) is 0 Å². The summed E-state index contributed by atoms with van der Waals surface area (Å²) in [6.07, 6.45) is 0.957. The molecule has 1 unspecified atom stereocenters. The minimum atomic E-state index is -0.563. The first kappa shape index (κ1) is 12.8. The number of nitrogens with zero attached hydrogens (tertiary/aromatic N) is 1. The maximum Gasteiger partial charge on any atom is 0.149 e. The third kappa shape index (κ3) is 2.96. The number of hydrogen-bond donors (Lipinski definition) is 1. The number of anilines is 1. The number of rotatable bonds is 1. The van der Waals surface area contributed by atoms with Crippen LogP contribution in [0.2, 0.25) is 0 Å². The fourth-order valence-electron chi connectivity index (χ4n) is 2.08. The first-order valence-electron chi connectivity index (χ1n) is 5.71. The van der Waals surface area contributed by atoms with Gasteiger partial charge in [0.25, 0.3) is 0 Å². The Kier molecular flexibility index (Phi) is 3.99. The van der Waals surface area contributed by atoms with Crippen molar-refractivity contribution >= 4 is 21.6 Å². The van der Waals surface area contributed by atoms with Crippen molar-refractivity contribution < 1.29 is 8.78 Å². The average Bonchev–Trinajstić information content (AvgIpc) is 2.48. The largest absolute Gasteiger partial charge is 0.368 e. The van der Waals surface area contributed by atoms with Crippen LogP contribution in [0, 0.1) is 11.6 Å². The van der Waals surface area contributed by atoms with E-state index in [0.717, 1.165) is 32.1 Å². The van der Waals surface area contributed by atoms with Crippen LogP contribution in [-0.4, -0.2) is 25.7 Å². The zero-order valence-electron chi connectivity index (χ0n) is 9.64. The topological polar surface area (TPSA) is 15.3 Å². The number of nitrogens with one attached hydrogen (secondary N) is 1. The average molecular weight is 305 g/mol. The molecule has 1 aromatic carbocycles. The molecule has 0 radical (unpaired) electrons. The van der Waals surface area contributed by atoms with Crippen molar-refractivity contribution in [3.63, 3.8) is 0 Å². The smallest absolute Gasteiger partial charge is 0.149 e. The predicted molar refractivity (Wildman–Crippen MR) is 68.4 cm³/mol. The van der Waals surface area contributed by atoms with Gasteiger partial charge in [-0.25, -0.2) is 8.78 Å². The van der Waals surface area contributed by atoms with Gasteiger partial charge in [-0.15, -0.1) is 0 Å². The molecule has 17 heavy (non-hydrogen) atoms. The molecule has 0 saturated carbocycles. The van der Waals surface area contributed by atoms with Crippen LogP contribution in [-0.2, 0) is 0 Å². The van der Waals surface area contributed by atoms with Gasteiger partial charge in [0.15, 0.2) is 0 Å². The SMILES string of the molecule is CC1CN(c2cc(Br)c(F)cc2F)CCCN1. The van der Waals surface area contributed by atoms with Crippen molar-refractivity contribution in [2.75, 3.05) is 24.5 Å². The van der Waals surface area contributed by atoms with Gasteiger partial charge in [-0.05, 0) is 41.9 Å². The van der Waals surface area contributed by atoms with E-state index in [9.17, 15) is 8.78 Å². The first-order chi connectivity index (χ1) is 8.08. The van der Waals surface area contributed by atoms with E-state index in [2.05, 4.69) is 28.2 Å². The number of benzene rings is 1. The molecule has 5 heteroatoms. The molecule has 0 spiro atoms. The van der Waals surface area contributed by atoms with E-state index in [4.69, 9.17) is 0 Å². The molecule has 1 heterocycles. The summed E-state index contributed by atoms with van der Waals surface area (Å²) >= 11 is 3.10. The van der Waals surface area contributed by atoms with Crippen LogP contribution in [0.3, 0.4) is 0 Å². The molecule has 1 aliphatic rings.